The van der Waals surface area contributed by atoms with Crippen LogP contribution in [-0.2, 0) is 0 Å². The van der Waals surface area contributed by atoms with Crippen molar-refractivity contribution in [1.82, 2.24) is 0 Å². The van der Waals surface area contributed by atoms with Gasteiger partial charge in [0, 0.05) is 15.8 Å². The molecule has 0 fully saturated rings. The van der Waals surface area contributed by atoms with Crippen molar-refractivity contribution in [3.05, 3.63) is 23.8 Å². The third-order valence-electron chi connectivity index (χ3n) is 1.85. The van der Waals surface area contributed by atoms with Crippen LogP contribution in [-0.4, -0.2) is 28.0 Å². The lowest BCUT2D eigenvalue weighted by molar-refractivity contribution is 0.0693. The van der Waals surface area contributed by atoms with Crippen molar-refractivity contribution in [2.24, 2.45) is 0 Å². The van der Waals surface area contributed by atoms with Gasteiger partial charge in [0.05, 0.1) is 12.2 Å². The number of hydrogen-bond acceptors (Lipinski definition) is 4. The molecule has 0 aromatic heterocycles. The number of aliphatic hydroxyl groups excluding tert-OH is 1. The quantitative estimate of drug-likeness (QED) is 0.535. The molecule has 0 heterocycles. The Morgan fingerprint density at radius 3 is 2.80 bits per heavy atom. The predicted octanol–water partition coefficient (Wildman–Crippen LogP) is 1.44. The van der Waals surface area contributed by atoms with Crippen molar-refractivity contribution in [3.8, 4) is 0 Å². The number of aromatic carboxylic acids is 1. The maximum Gasteiger partial charge on any atom is 0.336 e. The van der Waals surface area contributed by atoms with E-state index in [2.05, 4.69) is 0 Å². The SMILES string of the molecule is CC(CO)Sc1c(N)cccc1C(=O)O. The van der Waals surface area contributed by atoms with E-state index < -0.39 is 5.97 Å². The van der Waals surface area contributed by atoms with Crippen molar-refractivity contribution >= 4 is 23.4 Å². The van der Waals surface area contributed by atoms with E-state index in [1.165, 1.54) is 17.8 Å². The van der Waals surface area contributed by atoms with Gasteiger partial charge in [-0.25, -0.2) is 4.79 Å². The molecule has 1 rings (SSSR count). The van der Waals surface area contributed by atoms with Crippen molar-refractivity contribution in [1.29, 1.82) is 0 Å². The molecule has 1 aromatic carbocycles. The van der Waals surface area contributed by atoms with E-state index in [1.54, 1.807) is 12.1 Å². The first-order valence-corrected chi connectivity index (χ1v) is 5.33. The number of carbonyl (C=O) groups is 1. The van der Waals surface area contributed by atoms with Gasteiger partial charge >= 0.3 is 5.97 Å². The monoisotopic (exact) mass is 227 g/mol. The fourth-order valence-corrected chi connectivity index (χ4v) is 2.06. The Balaban J connectivity index is 3.07. The zero-order valence-electron chi connectivity index (χ0n) is 8.30. The van der Waals surface area contributed by atoms with Crippen LogP contribution in [0.5, 0.6) is 0 Å². The van der Waals surface area contributed by atoms with Crippen LogP contribution < -0.4 is 5.73 Å². The van der Waals surface area contributed by atoms with Crippen molar-refractivity contribution in [2.75, 3.05) is 12.3 Å². The minimum absolute atomic E-state index is 0.0158. The Morgan fingerprint density at radius 2 is 2.27 bits per heavy atom. The summed E-state index contributed by atoms with van der Waals surface area (Å²) in [6.07, 6.45) is 0. The second kappa shape index (κ2) is 5.04. The molecule has 0 aliphatic heterocycles. The number of nitrogen functional groups attached to an aromatic ring is 1. The van der Waals surface area contributed by atoms with Crippen LogP contribution in [0.2, 0.25) is 0 Å². The maximum atomic E-state index is 10.9. The maximum absolute atomic E-state index is 10.9. The van der Waals surface area contributed by atoms with Crippen LogP contribution in [0, 0.1) is 0 Å². The summed E-state index contributed by atoms with van der Waals surface area (Å²) in [5.74, 6) is -1.00. The molecule has 4 N–H and O–H groups in total. The van der Waals surface area contributed by atoms with E-state index in [1.807, 2.05) is 6.92 Å². The standard InChI is InChI=1S/C10H13NO3S/c1-6(5-12)15-9-7(10(13)14)3-2-4-8(9)11/h2-4,6,12H,5,11H2,1H3,(H,13,14). The van der Waals surface area contributed by atoms with E-state index in [9.17, 15) is 4.79 Å². The summed E-state index contributed by atoms with van der Waals surface area (Å²) in [6, 6.07) is 4.76. The summed E-state index contributed by atoms with van der Waals surface area (Å²) in [5, 5.41) is 17.8. The minimum atomic E-state index is -1.00. The molecular formula is C10H13NO3S. The smallest absolute Gasteiger partial charge is 0.336 e. The molecular weight excluding hydrogens is 214 g/mol. The summed E-state index contributed by atoms with van der Waals surface area (Å²) < 4.78 is 0. The number of carboxylic acids is 1. The number of anilines is 1. The molecule has 0 saturated heterocycles. The van der Waals surface area contributed by atoms with Crippen LogP contribution in [0.1, 0.15) is 17.3 Å². The van der Waals surface area contributed by atoms with Crippen molar-refractivity contribution in [3.63, 3.8) is 0 Å². The van der Waals surface area contributed by atoms with Gasteiger partial charge in [0.2, 0.25) is 0 Å². The molecule has 0 saturated carbocycles. The zero-order chi connectivity index (χ0) is 11.4. The van der Waals surface area contributed by atoms with Crippen molar-refractivity contribution in [2.45, 2.75) is 17.1 Å². The Kier molecular flexibility index (Phi) is 3.99. The van der Waals surface area contributed by atoms with E-state index >= 15 is 0 Å². The first kappa shape index (κ1) is 11.9. The van der Waals surface area contributed by atoms with Crippen LogP contribution in [0.15, 0.2) is 23.1 Å². The van der Waals surface area contributed by atoms with Gasteiger partial charge in [0.1, 0.15) is 0 Å². The molecule has 15 heavy (non-hydrogen) atoms. The van der Waals surface area contributed by atoms with Gasteiger partial charge in [-0.1, -0.05) is 13.0 Å². The number of nitrogens with two attached hydrogens (primary N) is 1. The molecule has 0 aliphatic carbocycles. The molecule has 0 aliphatic rings. The first-order chi connectivity index (χ1) is 7.06. The minimum Gasteiger partial charge on any atom is -0.478 e. The van der Waals surface area contributed by atoms with Crippen LogP contribution >= 0.6 is 11.8 Å². The summed E-state index contributed by atoms with van der Waals surface area (Å²) in [6.45, 7) is 1.79. The molecule has 0 amide bonds. The Labute approximate surface area is 92.1 Å². The lowest BCUT2D eigenvalue weighted by Gasteiger charge is -2.12. The predicted molar refractivity (Wildman–Crippen MR) is 60.2 cm³/mol. The van der Waals surface area contributed by atoms with Gasteiger partial charge in [-0.15, -0.1) is 11.8 Å². The van der Waals surface area contributed by atoms with Crippen LogP contribution in [0.4, 0.5) is 5.69 Å². The lowest BCUT2D eigenvalue weighted by atomic mass is 10.2. The topological polar surface area (TPSA) is 83.5 Å². The first-order valence-electron chi connectivity index (χ1n) is 4.45. The third-order valence-corrected chi connectivity index (χ3v) is 3.09. The van der Waals surface area contributed by atoms with E-state index in [4.69, 9.17) is 15.9 Å². The molecule has 1 aromatic rings. The van der Waals surface area contributed by atoms with Gasteiger partial charge in [0.25, 0.3) is 0 Å². The van der Waals surface area contributed by atoms with Crippen molar-refractivity contribution < 1.29 is 15.0 Å². The number of thioether (sulfide) groups is 1. The molecule has 0 spiro atoms. The van der Waals surface area contributed by atoms with Gasteiger partial charge in [-0.3, -0.25) is 0 Å². The highest BCUT2D eigenvalue weighted by Crippen LogP contribution is 2.31. The average molecular weight is 227 g/mol. The number of hydrogen-bond donors (Lipinski definition) is 3. The highest BCUT2D eigenvalue weighted by Gasteiger charge is 2.15. The normalized spacial score (nSPS) is 12.4. The summed E-state index contributed by atoms with van der Waals surface area (Å²) in [7, 11) is 0. The number of benzene rings is 1. The molecule has 0 radical (unpaired) electrons. The molecule has 1 atom stereocenters. The average Bonchev–Trinajstić information content (AvgIpc) is 2.20. The molecule has 0 bridgehead atoms. The Morgan fingerprint density at radius 1 is 1.60 bits per heavy atom. The lowest BCUT2D eigenvalue weighted by Crippen LogP contribution is -2.07. The molecule has 1 unspecified atom stereocenters. The second-order valence-corrected chi connectivity index (χ2v) is 4.59. The fraction of sp³-hybridized carbons (Fsp3) is 0.300. The highest BCUT2D eigenvalue weighted by molar-refractivity contribution is 8.00. The second-order valence-electron chi connectivity index (χ2n) is 3.14. The van der Waals surface area contributed by atoms with Gasteiger partial charge in [0.15, 0.2) is 0 Å². The van der Waals surface area contributed by atoms with E-state index in [-0.39, 0.29) is 17.4 Å². The van der Waals surface area contributed by atoms with Gasteiger partial charge < -0.3 is 15.9 Å². The third kappa shape index (κ3) is 2.87. The van der Waals surface area contributed by atoms with E-state index in [0.29, 0.717) is 10.6 Å². The Bertz CT molecular complexity index is 368. The number of aliphatic hydroxyl groups is 1. The van der Waals surface area contributed by atoms with Crippen LogP contribution in [0.3, 0.4) is 0 Å². The highest BCUT2D eigenvalue weighted by atomic mass is 32.2. The molecule has 5 heteroatoms. The summed E-state index contributed by atoms with van der Waals surface area (Å²) in [4.78, 5) is 11.4. The molecule has 4 nitrogen and oxygen atoms in total. The zero-order valence-corrected chi connectivity index (χ0v) is 9.12. The summed E-state index contributed by atoms with van der Waals surface area (Å²) in [5.41, 5.74) is 6.31. The molecule has 82 valence electrons. The summed E-state index contributed by atoms with van der Waals surface area (Å²) >= 11 is 1.27. The van der Waals surface area contributed by atoms with Crippen LogP contribution in [0.25, 0.3) is 0 Å². The largest absolute Gasteiger partial charge is 0.478 e. The van der Waals surface area contributed by atoms with Gasteiger partial charge in [-0.2, -0.15) is 0 Å². The number of rotatable bonds is 4. The number of carboxylic acid groups (broad SMARTS) is 1. The van der Waals surface area contributed by atoms with E-state index in [0.717, 1.165) is 0 Å². The fourth-order valence-electron chi connectivity index (χ4n) is 1.09. The van der Waals surface area contributed by atoms with Gasteiger partial charge in [-0.05, 0) is 12.1 Å². The Hall–Kier alpha value is -1.20.